The van der Waals surface area contributed by atoms with Gasteiger partial charge in [-0.3, -0.25) is 4.79 Å². The summed E-state index contributed by atoms with van der Waals surface area (Å²) in [4.78, 5) is 10.8. The summed E-state index contributed by atoms with van der Waals surface area (Å²) in [6, 6.07) is 13.6. The Bertz CT molecular complexity index is 656. The van der Waals surface area contributed by atoms with Crippen molar-refractivity contribution in [3.8, 4) is 5.75 Å². The highest BCUT2D eigenvalue weighted by atomic mass is 19.1. The van der Waals surface area contributed by atoms with E-state index >= 15 is 0 Å². The predicted molar refractivity (Wildman–Crippen MR) is 78.6 cm³/mol. The zero-order valence-corrected chi connectivity index (χ0v) is 11.5. The summed E-state index contributed by atoms with van der Waals surface area (Å²) in [5, 5.41) is 3.80. The summed E-state index contributed by atoms with van der Waals surface area (Å²) in [5.74, 6) is 0.00718. The molecule has 2 aromatic rings. The van der Waals surface area contributed by atoms with E-state index in [2.05, 4.69) is 10.5 Å². The number of ether oxygens (including phenoxy) is 1. The Kier molecular flexibility index (Phi) is 5.04. The number of halogens is 1. The third-order valence-corrected chi connectivity index (χ3v) is 2.69. The van der Waals surface area contributed by atoms with Crippen molar-refractivity contribution in [1.82, 2.24) is 5.43 Å². The zero-order chi connectivity index (χ0) is 15.1. The number of para-hydroxylation sites is 1. The van der Waals surface area contributed by atoms with Crippen LogP contribution < -0.4 is 10.2 Å². The van der Waals surface area contributed by atoms with Gasteiger partial charge in [-0.1, -0.05) is 30.3 Å². The number of nitrogens with one attached hydrogen (secondary N) is 1. The fourth-order valence-corrected chi connectivity index (χ4v) is 1.68. The molecule has 2 rings (SSSR count). The van der Waals surface area contributed by atoms with Gasteiger partial charge in [0, 0.05) is 18.1 Å². The van der Waals surface area contributed by atoms with E-state index in [0.29, 0.717) is 16.9 Å². The van der Waals surface area contributed by atoms with Gasteiger partial charge in [-0.25, -0.2) is 9.82 Å². The number of nitrogens with zero attached hydrogens (tertiary/aromatic N) is 1. The lowest BCUT2D eigenvalue weighted by atomic mass is 10.2. The van der Waals surface area contributed by atoms with Crippen molar-refractivity contribution in [2.45, 2.75) is 13.5 Å². The monoisotopic (exact) mass is 286 g/mol. The molecule has 0 heterocycles. The maximum Gasteiger partial charge on any atom is 0.236 e. The lowest BCUT2D eigenvalue weighted by molar-refractivity contribution is -0.118. The number of rotatable bonds is 5. The first-order valence-corrected chi connectivity index (χ1v) is 6.41. The first-order chi connectivity index (χ1) is 10.2. The Morgan fingerprint density at radius 1 is 1.24 bits per heavy atom. The van der Waals surface area contributed by atoms with Gasteiger partial charge >= 0.3 is 0 Å². The largest absolute Gasteiger partial charge is 0.488 e. The summed E-state index contributed by atoms with van der Waals surface area (Å²) in [7, 11) is 0. The van der Waals surface area contributed by atoms with E-state index in [1.807, 2.05) is 12.1 Å². The van der Waals surface area contributed by atoms with E-state index in [9.17, 15) is 9.18 Å². The second-order valence-electron chi connectivity index (χ2n) is 4.34. The van der Waals surface area contributed by atoms with E-state index < -0.39 is 0 Å². The number of hydrogen-bond acceptors (Lipinski definition) is 3. The fraction of sp³-hybridized carbons (Fsp3) is 0.125. The van der Waals surface area contributed by atoms with Gasteiger partial charge < -0.3 is 4.74 Å². The summed E-state index contributed by atoms with van der Waals surface area (Å²) in [6.45, 7) is 1.50. The highest BCUT2D eigenvalue weighted by molar-refractivity contribution is 5.84. The molecule has 0 aromatic heterocycles. The van der Waals surface area contributed by atoms with Crippen LogP contribution in [0.2, 0.25) is 0 Å². The molecule has 1 amide bonds. The van der Waals surface area contributed by atoms with Crippen LogP contribution in [-0.4, -0.2) is 12.1 Å². The van der Waals surface area contributed by atoms with Gasteiger partial charge in [0.1, 0.15) is 18.2 Å². The Morgan fingerprint density at radius 3 is 2.71 bits per heavy atom. The minimum absolute atomic E-state index is 0.123. The molecule has 0 aliphatic heterocycles. The highest BCUT2D eigenvalue weighted by Crippen LogP contribution is 2.18. The third-order valence-electron chi connectivity index (χ3n) is 2.69. The molecular weight excluding hydrogens is 271 g/mol. The molecule has 21 heavy (non-hydrogen) atoms. The molecule has 5 heteroatoms. The minimum Gasteiger partial charge on any atom is -0.488 e. The molecule has 4 nitrogen and oxygen atoms in total. The molecule has 2 aromatic carbocycles. The average molecular weight is 286 g/mol. The van der Waals surface area contributed by atoms with Crippen molar-refractivity contribution in [3.63, 3.8) is 0 Å². The molecule has 0 aliphatic rings. The lowest BCUT2D eigenvalue weighted by Gasteiger charge is -2.09. The second kappa shape index (κ2) is 7.19. The lowest BCUT2D eigenvalue weighted by Crippen LogP contribution is -2.12. The third kappa shape index (κ3) is 4.42. The van der Waals surface area contributed by atoms with Crippen LogP contribution in [0.25, 0.3) is 0 Å². The van der Waals surface area contributed by atoms with Crippen molar-refractivity contribution in [2.24, 2.45) is 5.10 Å². The summed E-state index contributed by atoms with van der Waals surface area (Å²) in [6.07, 6.45) is 1.48. The Balaban J connectivity index is 2.08. The van der Waals surface area contributed by atoms with Gasteiger partial charge in [0.25, 0.3) is 0 Å². The van der Waals surface area contributed by atoms with Gasteiger partial charge in [-0.2, -0.15) is 5.10 Å². The van der Waals surface area contributed by atoms with E-state index in [-0.39, 0.29) is 18.3 Å². The molecule has 0 aliphatic carbocycles. The molecule has 108 valence electrons. The Morgan fingerprint density at radius 2 is 1.95 bits per heavy atom. The average Bonchev–Trinajstić information content (AvgIpc) is 2.47. The molecule has 0 atom stereocenters. The van der Waals surface area contributed by atoms with Crippen LogP contribution >= 0.6 is 0 Å². The quantitative estimate of drug-likeness (QED) is 0.678. The molecule has 0 spiro atoms. The van der Waals surface area contributed by atoms with Crippen molar-refractivity contribution in [2.75, 3.05) is 0 Å². The number of benzene rings is 2. The van der Waals surface area contributed by atoms with Crippen LogP contribution in [0.5, 0.6) is 5.75 Å². The molecule has 1 N–H and O–H groups in total. The highest BCUT2D eigenvalue weighted by Gasteiger charge is 2.04. The van der Waals surface area contributed by atoms with Gasteiger partial charge in [0.05, 0.1) is 6.21 Å². The van der Waals surface area contributed by atoms with Gasteiger partial charge in [-0.15, -0.1) is 0 Å². The first-order valence-electron chi connectivity index (χ1n) is 6.41. The molecule has 0 bridgehead atoms. The van der Waals surface area contributed by atoms with Crippen molar-refractivity contribution >= 4 is 12.1 Å². The zero-order valence-electron chi connectivity index (χ0n) is 11.5. The van der Waals surface area contributed by atoms with E-state index in [4.69, 9.17) is 4.74 Å². The normalized spacial score (nSPS) is 10.6. The predicted octanol–water partition coefficient (Wildman–Crippen LogP) is 2.87. The molecule has 0 radical (unpaired) electrons. The maximum atomic E-state index is 13.5. The van der Waals surface area contributed by atoms with Crippen LogP contribution in [0.15, 0.2) is 53.6 Å². The second-order valence-corrected chi connectivity index (χ2v) is 4.34. The number of amides is 1. The molecule has 0 unspecified atom stereocenters. The fourth-order valence-electron chi connectivity index (χ4n) is 1.68. The summed E-state index contributed by atoms with van der Waals surface area (Å²) >= 11 is 0. The maximum absolute atomic E-state index is 13.5. The van der Waals surface area contributed by atoms with Gasteiger partial charge in [-0.05, 0) is 18.2 Å². The van der Waals surface area contributed by atoms with Crippen LogP contribution in [0.3, 0.4) is 0 Å². The number of hydrazone groups is 1. The molecule has 0 fully saturated rings. The molecular formula is C16H15FN2O2. The van der Waals surface area contributed by atoms with E-state index in [0.717, 1.165) is 0 Å². The SMILES string of the molecule is CC(=O)N/N=C/c1ccccc1OCc1ccccc1F. The van der Waals surface area contributed by atoms with Gasteiger partial charge in [0.2, 0.25) is 5.91 Å². The van der Waals surface area contributed by atoms with Crippen LogP contribution in [-0.2, 0) is 11.4 Å². The first kappa shape index (κ1) is 14.7. The minimum atomic E-state index is -0.304. The van der Waals surface area contributed by atoms with Crippen LogP contribution in [0, 0.1) is 5.82 Å². The number of hydrogen-bond donors (Lipinski definition) is 1. The van der Waals surface area contributed by atoms with Crippen molar-refractivity contribution in [3.05, 3.63) is 65.5 Å². The number of carbonyl (C=O) groups excluding carboxylic acids is 1. The summed E-state index contributed by atoms with van der Waals surface area (Å²) < 4.78 is 19.1. The standard InChI is InChI=1S/C16H15FN2O2/c1-12(20)19-18-10-13-6-3-5-9-16(13)21-11-14-7-2-4-8-15(14)17/h2-10H,11H2,1H3,(H,19,20)/b18-10+. The van der Waals surface area contributed by atoms with Crippen LogP contribution in [0.1, 0.15) is 18.1 Å². The van der Waals surface area contributed by atoms with Gasteiger partial charge in [0.15, 0.2) is 0 Å². The number of carbonyl (C=O) groups is 1. The smallest absolute Gasteiger partial charge is 0.236 e. The Labute approximate surface area is 122 Å². The summed E-state index contributed by atoms with van der Waals surface area (Å²) in [5.41, 5.74) is 3.49. The topological polar surface area (TPSA) is 50.7 Å². The van der Waals surface area contributed by atoms with Crippen molar-refractivity contribution in [1.29, 1.82) is 0 Å². The molecule has 0 saturated carbocycles. The van der Waals surface area contributed by atoms with E-state index in [1.54, 1.807) is 30.3 Å². The molecule has 0 saturated heterocycles. The van der Waals surface area contributed by atoms with Crippen LogP contribution in [0.4, 0.5) is 4.39 Å². The van der Waals surface area contributed by atoms with E-state index in [1.165, 1.54) is 19.2 Å². The van der Waals surface area contributed by atoms with Crippen molar-refractivity contribution < 1.29 is 13.9 Å². The Hall–Kier alpha value is -2.69.